The van der Waals surface area contributed by atoms with Crippen molar-refractivity contribution in [2.24, 2.45) is 0 Å². The molecule has 1 unspecified atom stereocenters. The lowest BCUT2D eigenvalue weighted by atomic mass is 10.2. The first-order chi connectivity index (χ1) is 9.32. The number of aromatic nitrogens is 1. The maximum atomic E-state index is 12.4. The van der Waals surface area contributed by atoms with Gasteiger partial charge in [0.2, 0.25) is 0 Å². The van der Waals surface area contributed by atoms with Crippen LogP contribution in [0.25, 0.3) is 0 Å². The van der Waals surface area contributed by atoms with Crippen LogP contribution in [0.15, 0.2) is 23.4 Å². The van der Waals surface area contributed by atoms with Gasteiger partial charge in [-0.1, -0.05) is 0 Å². The van der Waals surface area contributed by atoms with Crippen molar-refractivity contribution in [1.82, 2.24) is 14.2 Å². The van der Waals surface area contributed by atoms with Crippen LogP contribution in [0.4, 0.5) is 0 Å². The SMILES string of the molecule is CN(C)C1CCN(S(=O)(=O)c2ccc(C(=O)O)cn2)C1. The molecule has 0 amide bonds. The molecule has 110 valence electrons. The Hall–Kier alpha value is -1.51. The summed E-state index contributed by atoms with van der Waals surface area (Å²) >= 11 is 0. The molecule has 20 heavy (non-hydrogen) atoms. The number of rotatable bonds is 4. The average molecular weight is 299 g/mol. The number of carboxylic acids is 1. The number of sulfonamides is 1. The second-order valence-corrected chi connectivity index (χ2v) is 6.84. The van der Waals surface area contributed by atoms with Gasteiger partial charge in [0.05, 0.1) is 5.56 Å². The van der Waals surface area contributed by atoms with Gasteiger partial charge in [-0.05, 0) is 32.6 Å². The van der Waals surface area contributed by atoms with Crippen molar-refractivity contribution >= 4 is 16.0 Å². The summed E-state index contributed by atoms with van der Waals surface area (Å²) in [5.41, 5.74) is -0.0310. The van der Waals surface area contributed by atoms with Crippen LogP contribution in [0.3, 0.4) is 0 Å². The predicted molar refractivity (Wildman–Crippen MR) is 72.0 cm³/mol. The van der Waals surface area contributed by atoms with Crippen molar-refractivity contribution in [1.29, 1.82) is 0 Å². The minimum absolute atomic E-state index is 0.0310. The summed E-state index contributed by atoms with van der Waals surface area (Å²) in [7, 11) is 0.190. The third-order valence-corrected chi connectivity index (χ3v) is 5.23. The van der Waals surface area contributed by atoms with Crippen LogP contribution in [0.2, 0.25) is 0 Å². The highest BCUT2D eigenvalue weighted by Gasteiger charge is 2.34. The first-order valence-corrected chi connectivity index (χ1v) is 7.62. The van der Waals surface area contributed by atoms with E-state index in [1.807, 2.05) is 19.0 Å². The Labute approximate surface area is 117 Å². The summed E-state index contributed by atoms with van der Waals surface area (Å²) < 4.78 is 26.2. The van der Waals surface area contributed by atoms with Crippen molar-refractivity contribution < 1.29 is 18.3 Å². The fourth-order valence-electron chi connectivity index (χ4n) is 2.14. The molecular weight excluding hydrogens is 282 g/mol. The third-order valence-electron chi connectivity index (χ3n) is 3.44. The van der Waals surface area contributed by atoms with E-state index in [0.29, 0.717) is 13.1 Å². The molecule has 7 nitrogen and oxygen atoms in total. The van der Waals surface area contributed by atoms with Gasteiger partial charge >= 0.3 is 5.97 Å². The highest BCUT2D eigenvalue weighted by molar-refractivity contribution is 7.89. The van der Waals surface area contributed by atoms with Crippen LogP contribution in [0.5, 0.6) is 0 Å². The van der Waals surface area contributed by atoms with E-state index >= 15 is 0 Å². The van der Waals surface area contributed by atoms with E-state index in [1.54, 1.807) is 0 Å². The summed E-state index contributed by atoms with van der Waals surface area (Å²) in [5, 5.41) is 8.67. The normalized spacial score (nSPS) is 20.4. The molecule has 1 atom stereocenters. The van der Waals surface area contributed by atoms with Crippen molar-refractivity contribution in [2.45, 2.75) is 17.5 Å². The molecule has 1 aliphatic heterocycles. The Morgan fingerprint density at radius 3 is 2.60 bits per heavy atom. The first kappa shape index (κ1) is 14.9. The summed E-state index contributed by atoms with van der Waals surface area (Å²) in [4.78, 5) is 16.5. The highest BCUT2D eigenvalue weighted by atomic mass is 32.2. The van der Waals surface area contributed by atoms with E-state index in [9.17, 15) is 13.2 Å². The molecular formula is C12H17N3O4S. The fourth-order valence-corrected chi connectivity index (χ4v) is 3.55. The van der Waals surface area contributed by atoms with Crippen LogP contribution in [0.1, 0.15) is 16.8 Å². The third kappa shape index (κ3) is 2.82. The van der Waals surface area contributed by atoms with E-state index in [-0.39, 0.29) is 16.6 Å². The van der Waals surface area contributed by atoms with Crippen molar-refractivity contribution in [3.8, 4) is 0 Å². The zero-order valence-electron chi connectivity index (χ0n) is 11.4. The Kier molecular flexibility index (Phi) is 4.07. The van der Waals surface area contributed by atoms with Crippen LogP contribution in [-0.2, 0) is 10.0 Å². The maximum Gasteiger partial charge on any atom is 0.337 e. The number of aromatic carboxylic acids is 1. The highest BCUT2D eigenvalue weighted by Crippen LogP contribution is 2.21. The monoisotopic (exact) mass is 299 g/mol. The molecule has 1 saturated heterocycles. The standard InChI is InChI=1S/C12H17N3O4S/c1-14(2)10-5-6-15(8-10)20(18,19)11-4-3-9(7-13-11)12(16)17/h3-4,7,10H,5-6,8H2,1-2H3,(H,16,17). The number of likely N-dealkylation sites (N-methyl/N-ethyl adjacent to an activating group) is 1. The van der Waals surface area contributed by atoms with E-state index in [4.69, 9.17) is 5.11 Å². The van der Waals surface area contributed by atoms with E-state index in [1.165, 1.54) is 16.4 Å². The molecule has 0 saturated carbocycles. The molecule has 0 aromatic carbocycles. The molecule has 2 heterocycles. The summed E-state index contributed by atoms with van der Waals surface area (Å²) in [6.07, 6.45) is 1.84. The average Bonchev–Trinajstić information content (AvgIpc) is 2.89. The first-order valence-electron chi connectivity index (χ1n) is 6.18. The molecule has 1 aromatic heterocycles. The topological polar surface area (TPSA) is 90.8 Å². The molecule has 2 rings (SSSR count). The lowest BCUT2D eigenvalue weighted by Gasteiger charge is -2.20. The van der Waals surface area contributed by atoms with Crippen LogP contribution < -0.4 is 0 Å². The minimum Gasteiger partial charge on any atom is -0.478 e. The van der Waals surface area contributed by atoms with Gasteiger partial charge in [-0.3, -0.25) is 0 Å². The Balaban J connectivity index is 2.21. The van der Waals surface area contributed by atoms with Crippen LogP contribution >= 0.6 is 0 Å². The zero-order valence-corrected chi connectivity index (χ0v) is 12.2. The lowest BCUT2D eigenvalue weighted by molar-refractivity contribution is 0.0696. The molecule has 1 aliphatic rings. The Morgan fingerprint density at radius 1 is 1.45 bits per heavy atom. The summed E-state index contributed by atoms with van der Waals surface area (Å²) in [6.45, 7) is 0.880. The van der Waals surface area contributed by atoms with Gasteiger partial charge in [0, 0.05) is 25.3 Å². The fraction of sp³-hybridized carbons (Fsp3) is 0.500. The van der Waals surface area contributed by atoms with Crippen LogP contribution in [-0.4, -0.2) is 66.9 Å². The number of hydrogen-bond donors (Lipinski definition) is 1. The molecule has 0 radical (unpaired) electrons. The molecule has 1 fully saturated rings. The van der Waals surface area contributed by atoms with Gasteiger partial charge in [-0.2, -0.15) is 4.31 Å². The number of hydrogen-bond acceptors (Lipinski definition) is 5. The van der Waals surface area contributed by atoms with Gasteiger partial charge in [-0.15, -0.1) is 0 Å². The van der Waals surface area contributed by atoms with Gasteiger partial charge in [0.25, 0.3) is 10.0 Å². The molecule has 0 aliphatic carbocycles. The maximum absolute atomic E-state index is 12.4. The number of nitrogens with zero attached hydrogens (tertiary/aromatic N) is 3. The molecule has 1 N–H and O–H groups in total. The smallest absolute Gasteiger partial charge is 0.337 e. The minimum atomic E-state index is -3.64. The van der Waals surface area contributed by atoms with Gasteiger partial charge in [0.15, 0.2) is 5.03 Å². The van der Waals surface area contributed by atoms with Gasteiger partial charge in [-0.25, -0.2) is 18.2 Å². The van der Waals surface area contributed by atoms with E-state index in [2.05, 4.69) is 4.98 Å². The van der Waals surface area contributed by atoms with E-state index < -0.39 is 16.0 Å². The molecule has 8 heteroatoms. The second-order valence-electron chi connectivity index (χ2n) is 4.96. The second kappa shape index (κ2) is 5.47. The Morgan fingerprint density at radius 2 is 2.15 bits per heavy atom. The number of carbonyl (C=O) groups is 1. The van der Waals surface area contributed by atoms with Crippen molar-refractivity contribution in [3.63, 3.8) is 0 Å². The molecule has 0 bridgehead atoms. The quantitative estimate of drug-likeness (QED) is 0.848. The summed E-state index contributed by atoms with van der Waals surface area (Å²) in [5.74, 6) is -1.13. The van der Waals surface area contributed by atoms with Crippen molar-refractivity contribution in [3.05, 3.63) is 23.9 Å². The van der Waals surface area contributed by atoms with Gasteiger partial charge in [0.1, 0.15) is 0 Å². The van der Waals surface area contributed by atoms with Gasteiger partial charge < -0.3 is 10.0 Å². The van der Waals surface area contributed by atoms with Crippen molar-refractivity contribution in [2.75, 3.05) is 27.2 Å². The molecule has 1 aromatic rings. The largest absolute Gasteiger partial charge is 0.478 e. The Bertz CT molecular complexity index is 598. The predicted octanol–water partition coefficient (Wildman–Crippen LogP) is 0.104. The summed E-state index contributed by atoms with van der Waals surface area (Å²) in [6, 6.07) is 2.69. The lowest BCUT2D eigenvalue weighted by Crippen LogP contribution is -2.34. The molecule has 0 spiro atoms. The zero-order chi connectivity index (χ0) is 14.9. The van der Waals surface area contributed by atoms with E-state index in [0.717, 1.165) is 12.6 Å². The van der Waals surface area contributed by atoms with Crippen LogP contribution in [0, 0.1) is 0 Å². The number of pyridine rings is 1. The number of carboxylic acid groups (broad SMARTS) is 1.